The van der Waals surface area contributed by atoms with E-state index in [1.165, 1.54) is 6.07 Å². The zero-order chi connectivity index (χ0) is 6.85. The number of aryl methyl sites for hydroxylation is 1. The molecule has 1 aromatic rings. The van der Waals surface area contributed by atoms with Crippen molar-refractivity contribution in [2.75, 3.05) is 0 Å². The summed E-state index contributed by atoms with van der Waals surface area (Å²) in [4.78, 5) is 10.8. The Morgan fingerprint density at radius 1 is 1.67 bits per heavy atom. The van der Waals surface area contributed by atoms with Gasteiger partial charge < -0.3 is 0 Å². The number of aromatic hydroxyl groups is 1. The van der Waals surface area contributed by atoms with Crippen LogP contribution < -0.4 is 5.43 Å². The molecule has 0 spiro atoms. The Morgan fingerprint density at radius 3 is 2.78 bits per heavy atom. The van der Waals surface area contributed by atoms with Crippen LogP contribution in [0.4, 0.5) is 0 Å². The normalized spacial score (nSPS) is 9.44. The number of rotatable bonds is 0. The predicted octanol–water partition coefficient (Wildman–Crippen LogP) is -0.238. The Kier molecular flexibility index (Phi) is 1.74. The molecule has 0 fully saturated rings. The molecule has 0 saturated carbocycles. The van der Waals surface area contributed by atoms with Gasteiger partial charge in [0.05, 0.1) is 0 Å². The van der Waals surface area contributed by atoms with Gasteiger partial charge >= 0.3 is 58.0 Å². The van der Waals surface area contributed by atoms with E-state index >= 15 is 0 Å². The summed E-state index contributed by atoms with van der Waals surface area (Å²) in [5, 5.41) is 9.00. The fourth-order valence-corrected chi connectivity index (χ4v) is 1.81. The van der Waals surface area contributed by atoms with Crippen LogP contribution in [0.25, 0.3) is 0 Å². The number of hydrogen-bond acceptors (Lipinski definition) is 1. The van der Waals surface area contributed by atoms with E-state index in [-0.39, 0.29) is 25.7 Å². The minimum atomic E-state index is -0.0133. The van der Waals surface area contributed by atoms with Crippen LogP contribution in [0.2, 0.25) is 0 Å². The van der Waals surface area contributed by atoms with E-state index in [2.05, 4.69) is 0 Å². The van der Waals surface area contributed by atoms with Crippen molar-refractivity contribution in [3.63, 3.8) is 0 Å². The molecule has 0 aliphatic carbocycles. The molecule has 1 rings (SSSR count). The van der Waals surface area contributed by atoms with Crippen molar-refractivity contribution in [2.45, 2.75) is 6.92 Å². The molecule has 2 nitrogen and oxygen atoms in total. The average Bonchev–Trinajstić information content (AvgIpc) is 1.83. The summed E-state index contributed by atoms with van der Waals surface area (Å²) in [5.41, 5.74) is -0.0133. The molecule has 0 aliphatic rings. The first-order valence-electron chi connectivity index (χ1n) is 2.51. The van der Waals surface area contributed by atoms with E-state index in [4.69, 9.17) is 9.90 Å². The summed E-state index contributed by atoms with van der Waals surface area (Å²) in [5.74, 6) is 0.0532. The Bertz CT molecular complexity index is 264. The van der Waals surface area contributed by atoms with Gasteiger partial charge in [-0.2, -0.15) is 0 Å². The van der Waals surface area contributed by atoms with Crippen molar-refractivity contribution in [3.05, 3.63) is 20.9 Å². The second-order valence-electron chi connectivity index (χ2n) is 1.71. The molecule has 0 atom stereocenters. The maximum atomic E-state index is 9.00. The molecule has 0 saturated heterocycles. The summed E-state index contributed by atoms with van der Waals surface area (Å²) in [6.07, 6.45) is 0. The van der Waals surface area contributed by atoms with E-state index < -0.39 is 0 Å². The summed E-state index contributed by atoms with van der Waals surface area (Å²) in [7, 11) is 0. The molecule has 1 heterocycles. The molecule has 0 unspecified atom stereocenters. The minimum absolute atomic E-state index is 0.0133. The third kappa shape index (κ3) is 1.23. The maximum absolute atomic E-state index is 9.00. The second-order valence-corrected chi connectivity index (χ2v) is 4.06. The van der Waals surface area contributed by atoms with Gasteiger partial charge in [-0.25, -0.2) is 0 Å². The molecule has 48 valence electrons. The summed E-state index contributed by atoms with van der Waals surface area (Å²) in [6.45, 7) is 1.81. The Morgan fingerprint density at radius 2 is 2.33 bits per heavy atom. The first-order chi connectivity index (χ1) is 4.22. The van der Waals surface area contributed by atoms with Gasteiger partial charge in [0.25, 0.3) is 0 Å². The van der Waals surface area contributed by atoms with Gasteiger partial charge in [0.15, 0.2) is 0 Å². The molecular weight excluding hydrogens is 183 g/mol. The zero-order valence-corrected chi connectivity index (χ0v) is 6.67. The molecule has 1 aromatic heterocycles. The summed E-state index contributed by atoms with van der Waals surface area (Å²) >= 11 is 0.232. The van der Waals surface area contributed by atoms with Crippen molar-refractivity contribution in [1.29, 1.82) is 0 Å². The van der Waals surface area contributed by atoms with Gasteiger partial charge in [-0.1, -0.05) is 0 Å². The van der Waals surface area contributed by atoms with E-state index in [0.717, 1.165) is 4.44 Å². The average molecular weight is 190 g/mol. The number of hydrogen-bond donors (Lipinski definition) is 1. The fourth-order valence-electron chi connectivity index (χ4n) is 0.516. The van der Waals surface area contributed by atoms with Crippen molar-refractivity contribution in [2.24, 2.45) is 0 Å². The molecule has 3 heteroatoms. The Hall–Kier alpha value is -0.531. The van der Waals surface area contributed by atoms with Gasteiger partial charge in [-0.05, 0) is 0 Å². The third-order valence-corrected chi connectivity index (χ3v) is 2.77. The van der Waals surface area contributed by atoms with Crippen LogP contribution in [0.3, 0.4) is 0 Å². The summed E-state index contributed by atoms with van der Waals surface area (Å²) in [6, 6.07) is 1.53. The molecule has 9 heavy (non-hydrogen) atoms. The predicted molar refractivity (Wildman–Crippen MR) is 34.9 cm³/mol. The molecule has 0 aromatic carbocycles. The summed E-state index contributed by atoms with van der Waals surface area (Å²) < 4.78 is 0.877. The standard InChI is InChI=1S/C6H6O2Se/c1-4-6(8)5(7)2-3-9-4/h2-3,8H,1H3/p+1. The molecule has 0 bridgehead atoms. The topological polar surface area (TPSA) is 41.6 Å². The molecular formula is C6H7O2Se+. The molecule has 0 amide bonds. The van der Waals surface area contributed by atoms with Crippen LogP contribution >= 0.6 is 0 Å². The van der Waals surface area contributed by atoms with Crippen LogP contribution in [0, 0.1) is 6.92 Å². The van der Waals surface area contributed by atoms with Crippen LogP contribution in [0.5, 0.6) is 5.75 Å². The van der Waals surface area contributed by atoms with Crippen molar-refractivity contribution in [1.82, 2.24) is 0 Å². The van der Waals surface area contributed by atoms with Gasteiger partial charge in [0, 0.05) is 0 Å². The van der Waals surface area contributed by atoms with Gasteiger partial charge in [0.1, 0.15) is 0 Å². The first-order valence-corrected chi connectivity index (χ1v) is 4.35. The molecule has 2 N–H and O–H groups in total. The van der Waals surface area contributed by atoms with Crippen LogP contribution in [-0.4, -0.2) is 24.4 Å². The third-order valence-electron chi connectivity index (χ3n) is 1.05. The molecule has 0 radical (unpaired) electrons. The SMILES string of the molecule is Cc1[se]ccc(=[OH+])c1O. The van der Waals surface area contributed by atoms with Gasteiger partial charge in [0.2, 0.25) is 0 Å². The monoisotopic (exact) mass is 191 g/mol. The fraction of sp³-hybridized carbons (Fsp3) is 0.167. The van der Waals surface area contributed by atoms with E-state index in [1.807, 2.05) is 11.9 Å². The van der Waals surface area contributed by atoms with E-state index in [9.17, 15) is 0 Å². The zero-order valence-electron chi connectivity index (χ0n) is 4.96. The Labute approximate surface area is 58.5 Å². The van der Waals surface area contributed by atoms with Gasteiger partial charge in [-0.15, -0.1) is 0 Å². The van der Waals surface area contributed by atoms with Crippen molar-refractivity contribution >= 4 is 14.5 Å². The molecule has 0 aliphatic heterocycles. The van der Waals surface area contributed by atoms with Crippen LogP contribution in [0.15, 0.2) is 11.0 Å². The first kappa shape index (κ1) is 6.59. The van der Waals surface area contributed by atoms with Crippen LogP contribution in [-0.2, 0) is 0 Å². The van der Waals surface area contributed by atoms with E-state index in [1.54, 1.807) is 0 Å². The van der Waals surface area contributed by atoms with Crippen molar-refractivity contribution < 1.29 is 9.90 Å². The van der Waals surface area contributed by atoms with Crippen molar-refractivity contribution in [3.8, 4) is 5.75 Å². The Balaban J connectivity index is 3.43. The quantitative estimate of drug-likeness (QED) is 0.445. The second kappa shape index (κ2) is 2.38. The van der Waals surface area contributed by atoms with Crippen LogP contribution in [0.1, 0.15) is 4.44 Å². The van der Waals surface area contributed by atoms with E-state index in [0.29, 0.717) is 0 Å². The van der Waals surface area contributed by atoms with Gasteiger partial charge in [-0.3, -0.25) is 0 Å².